The maximum atomic E-state index is 12.8. The zero-order chi connectivity index (χ0) is 28.9. The van der Waals surface area contributed by atoms with E-state index < -0.39 is 23.4 Å². The van der Waals surface area contributed by atoms with Crippen LogP contribution in [0.5, 0.6) is 0 Å². The van der Waals surface area contributed by atoms with E-state index in [0.717, 1.165) is 17.7 Å². The first kappa shape index (κ1) is 28.5. The number of hydrogen-bond donors (Lipinski definition) is 3. The number of aliphatic imine (C=N–C) groups is 1. The first-order valence-corrected chi connectivity index (χ1v) is 12.5. The van der Waals surface area contributed by atoms with Crippen LogP contribution in [0.1, 0.15) is 53.9 Å². The fraction of sp³-hybridized carbons (Fsp3) is 0.276. The molecule has 1 unspecified atom stereocenters. The minimum atomic E-state index is -4.38. The molecular formula is C29H29F3N4O4. The Morgan fingerprint density at radius 2 is 1.57 bits per heavy atom. The van der Waals surface area contributed by atoms with Crippen LogP contribution in [0.3, 0.4) is 0 Å². The van der Waals surface area contributed by atoms with E-state index in [1.54, 1.807) is 69.3 Å². The third kappa shape index (κ3) is 7.75. The molecule has 2 amide bonds. The van der Waals surface area contributed by atoms with Crippen LogP contribution in [-0.2, 0) is 22.2 Å². The number of benzene rings is 3. The summed E-state index contributed by atoms with van der Waals surface area (Å²) in [6.07, 6.45) is -5.02. The molecule has 40 heavy (non-hydrogen) atoms. The number of alkyl halides is 3. The van der Waals surface area contributed by atoms with Crippen LogP contribution in [-0.4, -0.2) is 30.2 Å². The molecule has 0 aromatic heterocycles. The number of hydrogen-bond acceptors (Lipinski definition) is 5. The topological polar surface area (TPSA) is 101 Å². The minimum Gasteiger partial charge on any atom is -0.463 e. The second-order valence-corrected chi connectivity index (χ2v) is 10.1. The number of amidine groups is 1. The molecule has 1 aliphatic rings. The van der Waals surface area contributed by atoms with Crippen molar-refractivity contribution < 1.29 is 32.2 Å². The molecule has 3 N–H and O–H groups in total. The third-order valence-corrected chi connectivity index (χ3v) is 5.76. The Kier molecular flexibility index (Phi) is 8.32. The zero-order valence-corrected chi connectivity index (χ0v) is 22.1. The molecule has 1 atom stereocenters. The lowest BCUT2D eigenvalue weighted by Gasteiger charge is -2.20. The van der Waals surface area contributed by atoms with Gasteiger partial charge < -0.3 is 20.1 Å². The first-order chi connectivity index (χ1) is 18.9. The van der Waals surface area contributed by atoms with Crippen LogP contribution >= 0.6 is 0 Å². The van der Waals surface area contributed by atoms with E-state index in [-0.39, 0.29) is 25.1 Å². The van der Waals surface area contributed by atoms with Gasteiger partial charge in [0.25, 0.3) is 11.9 Å². The predicted octanol–water partition coefficient (Wildman–Crippen LogP) is 6.52. The van der Waals surface area contributed by atoms with Crippen molar-refractivity contribution in [1.29, 1.82) is 0 Å². The molecule has 1 aliphatic heterocycles. The summed E-state index contributed by atoms with van der Waals surface area (Å²) in [4.78, 5) is 29.4. The SMILES string of the molecule is CC(C)(C)OC(=O)Nc1ccccc1NC(=O)c1ccc(CN=C2NC(c3ccc(C(F)(F)F)cc3)CO2)cc1. The Morgan fingerprint density at radius 3 is 2.17 bits per heavy atom. The highest BCUT2D eigenvalue weighted by Gasteiger charge is 2.31. The monoisotopic (exact) mass is 554 g/mol. The largest absolute Gasteiger partial charge is 0.463 e. The van der Waals surface area contributed by atoms with Crippen LogP contribution in [0.25, 0.3) is 0 Å². The Hall–Kier alpha value is -4.54. The van der Waals surface area contributed by atoms with Crippen LogP contribution in [0.4, 0.5) is 29.3 Å². The van der Waals surface area contributed by atoms with E-state index in [9.17, 15) is 22.8 Å². The highest BCUT2D eigenvalue weighted by Crippen LogP contribution is 2.30. The molecule has 0 saturated carbocycles. The van der Waals surface area contributed by atoms with Gasteiger partial charge in [0.1, 0.15) is 12.2 Å². The molecule has 3 aromatic carbocycles. The molecule has 1 saturated heterocycles. The van der Waals surface area contributed by atoms with Gasteiger partial charge in [-0.25, -0.2) is 9.79 Å². The van der Waals surface area contributed by atoms with Crippen molar-refractivity contribution in [2.24, 2.45) is 4.99 Å². The second kappa shape index (κ2) is 11.7. The Morgan fingerprint density at radius 1 is 0.950 bits per heavy atom. The molecule has 8 nitrogen and oxygen atoms in total. The molecule has 0 aliphatic carbocycles. The van der Waals surface area contributed by atoms with Gasteiger partial charge in [-0.15, -0.1) is 0 Å². The van der Waals surface area contributed by atoms with E-state index in [2.05, 4.69) is 20.9 Å². The number of rotatable bonds is 6. The van der Waals surface area contributed by atoms with Crippen molar-refractivity contribution >= 4 is 29.4 Å². The van der Waals surface area contributed by atoms with Crippen LogP contribution < -0.4 is 16.0 Å². The van der Waals surface area contributed by atoms with E-state index in [1.807, 2.05) is 0 Å². The number of anilines is 2. The maximum absolute atomic E-state index is 12.8. The predicted molar refractivity (Wildman–Crippen MR) is 145 cm³/mol. The number of nitrogens with one attached hydrogen (secondary N) is 3. The Labute approximate surface area is 229 Å². The average Bonchev–Trinajstić information content (AvgIpc) is 3.36. The van der Waals surface area contributed by atoms with Gasteiger partial charge in [-0.1, -0.05) is 36.4 Å². The summed E-state index contributed by atoms with van der Waals surface area (Å²) >= 11 is 0. The first-order valence-electron chi connectivity index (χ1n) is 12.5. The Balaban J connectivity index is 1.32. The number of para-hydroxylation sites is 2. The zero-order valence-electron chi connectivity index (χ0n) is 22.1. The quantitative estimate of drug-likeness (QED) is 0.322. The molecule has 0 spiro atoms. The van der Waals surface area contributed by atoms with Crippen molar-refractivity contribution in [3.05, 3.63) is 95.1 Å². The van der Waals surface area contributed by atoms with Gasteiger partial charge in [0.15, 0.2) is 0 Å². The number of carbonyl (C=O) groups is 2. The number of ether oxygens (including phenoxy) is 2. The molecule has 0 radical (unpaired) electrons. The summed E-state index contributed by atoms with van der Waals surface area (Å²) in [5, 5.41) is 8.51. The van der Waals surface area contributed by atoms with Gasteiger partial charge >= 0.3 is 12.3 Å². The normalized spacial score (nSPS) is 16.1. The van der Waals surface area contributed by atoms with Crippen molar-refractivity contribution in [3.8, 4) is 0 Å². The molecule has 210 valence electrons. The summed E-state index contributed by atoms with van der Waals surface area (Å²) in [6.45, 7) is 5.79. The highest BCUT2D eigenvalue weighted by atomic mass is 19.4. The molecular weight excluding hydrogens is 525 g/mol. The second-order valence-electron chi connectivity index (χ2n) is 10.1. The van der Waals surface area contributed by atoms with E-state index in [1.165, 1.54) is 12.1 Å². The smallest absolute Gasteiger partial charge is 0.416 e. The highest BCUT2D eigenvalue weighted by molar-refractivity contribution is 6.06. The Bertz CT molecular complexity index is 1380. The number of amides is 2. The van der Waals surface area contributed by atoms with Crippen LogP contribution in [0.15, 0.2) is 77.8 Å². The van der Waals surface area contributed by atoms with Crippen molar-refractivity contribution in [2.45, 2.75) is 45.1 Å². The molecule has 1 heterocycles. The lowest BCUT2D eigenvalue weighted by atomic mass is 10.1. The average molecular weight is 555 g/mol. The summed E-state index contributed by atoms with van der Waals surface area (Å²) in [7, 11) is 0. The maximum Gasteiger partial charge on any atom is 0.416 e. The van der Waals surface area contributed by atoms with E-state index >= 15 is 0 Å². The number of carbonyl (C=O) groups excluding carboxylic acids is 2. The van der Waals surface area contributed by atoms with E-state index in [4.69, 9.17) is 9.47 Å². The third-order valence-electron chi connectivity index (χ3n) is 5.76. The number of halogens is 3. The summed E-state index contributed by atoms with van der Waals surface area (Å²) in [5.41, 5.74) is 1.33. The van der Waals surface area contributed by atoms with Crippen LogP contribution in [0.2, 0.25) is 0 Å². The lowest BCUT2D eigenvalue weighted by Crippen LogP contribution is -2.27. The summed E-state index contributed by atoms with van der Waals surface area (Å²) in [6, 6.07) is 18.5. The van der Waals surface area contributed by atoms with Crippen molar-refractivity contribution in [3.63, 3.8) is 0 Å². The molecule has 11 heteroatoms. The molecule has 3 aromatic rings. The van der Waals surface area contributed by atoms with Gasteiger partial charge in [0, 0.05) is 5.56 Å². The molecule has 1 fully saturated rings. The summed E-state index contributed by atoms with van der Waals surface area (Å²) in [5.74, 6) is -0.364. The van der Waals surface area contributed by atoms with Crippen LogP contribution in [0, 0.1) is 0 Å². The molecule has 4 rings (SSSR count). The molecule has 0 bridgehead atoms. The van der Waals surface area contributed by atoms with E-state index in [0.29, 0.717) is 28.5 Å². The summed E-state index contributed by atoms with van der Waals surface area (Å²) < 4.78 is 49.2. The minimum absolute atomic E-state index is 0.244. The fourth-order valence-electron chi connectivity index (χ4n) is 3.80. The van der Waals surface area contributed by atoms with Gasteiger partial charge in [-0.3, -0.25) is 10.1 Å². The standard InChI is InChI=1S/C29H29F3N4O4/c1-28(2,3)40-27(38)36-23-7-5-4-6-22(23)34-25(37)20-10-8-18(9-11-20)16-33-26-35-24(17-39-26)19-12-14-21(15-13-19)29(30,31)32/h4-15,24H,16-17H2,1-3H3,(H,33,35)(H,34,37)(H,36,38). The van der Waals surface area contributed by atoms with Crippen molar-refractivity contribution in [1.82, 2.24) is 5.32 Å². The fourth-order valence-corrected chi connectivity index (χ4v) is 3.80. The lowest BCUT2D eigenvalue weighted by molar-refractivity contribution is -0.137. The van der Waals surface area contributed by atoms with Gasteiger partial charge in [-0.2, -0.15) is 13.2 Å². The van der Waals surface area contributed by atoms with Gasteiger partial charge in [0.2, 0.25) is 0 Å². The van der Waals surface area contributed by atoms with Gasteiger partial charge in [0.05, 0.1) is 29.5 Å². The van der Waals surface area contributed by atoms with Crippen molar-refractivity contribution in [2.75, 3.05) is 17.2 Å². The number of nitrogens with zero attached hydrogens (tertiary/aromatic N) is 1. The van der Waals surface area contributed by atoms with Gasteiger partial charge in [-0.05, 0) is 68.3 Å².